The predicted octanol–water partition coefficient (Wildman–Crippen LogP) is 4.35. The molecule has 0 amide bonds. The minimum Gasteiger partial charge on any atom is -0.449 e. The molecular formula is C14H10Cl3NO2. The van der Waals surface area contributed by atoms with Crippen LogP contribution in [0.1, 0.15) is 22.0 Å². The molecule has 0 aliphatic heterocycles. The van der Waals surface area contributed by atoms with Gasteiger partial charge in [0, 0.05) is 18.0 Å². The standard InChI is InChI=1S/C14H10Cl3NO2/c15-14(16,17)12(11-7-4-8-18-9-11)20-13(19)10-5-2-1-3-6-10/h1-9,12H. The maximum Gasteiger partial charge on any atom is 0.338 e. The van der Waals surface area contributed by atoms with Gasteiger partial charge in [-0.15, -0.1) is 0 Å². The number of pyridine rings is 1. The maximum absolute atomic E-state index is 12.1. The second-order valence-corrected chi connectivity index (χ2v) is 6.35. The van der Waals surface area contributed by atoms with E-state index < -0.39 is 15.9 Å². The van der Waals surface area contributed by atoms with E-state index in [2.05, 4.69) is 4.98 Å². The van der Waals surface area contributed by atoms with Crippen LogP contribution in [0.25, 0.3) is 0 Å². The van der Waals surface area contributed by atoms with Crippen LogP contribution in [0.4, 0.5) is 0 Å². The average molecular weight is 331 g/mol. The fourth-order valence-electron chi connectivity index (χ4n) is 1.60. The van der Waals surface area contributed by atoms with Crippen molar-refractivity contribution in [3.05, 3.63) is 66.0 Å². The summed E-state index contributed by atoms with van der Waals surface area (Å²) in [7, 11) is 0. The molecule has 2 aromatic rings. The van der Waals surface area contributed by atoms with Crippen molar-refractivity contribution in [3.8, 4) is 0 Å². The third-order valence-electron chi connectivity index (χ3n) is 2.52. The monoisotopic (exact) mass is 329 g/mol. The van der Waals surface area contributed by atoms with Crippen molar-refractivity contribution in [1.29, 1.82) is 0 Å². The van der Waals surface area contributed by atoms with Gasteiger partial charge in [-0.2, -0.15) is 0 Å². The Kier molecular flexibility index (Phi) is 4.86. The first-order chi connectivity index (χ1) is 9.48. The summed E-state index contributed by atoms with van der Waals surface area (Å²) in [5.74, 6) is -0.564. The molecule has 104 valence electrons. The Labute approximate surface area is 131 Å². The predicted molar refractivity (Wildman–Crippen MR) is 79.1 cm³/mol. The van der Waals surface area contributed by atoms with Gasteiger partial charge in [-0.05, 0) is 18.2 Å². The zero-order valence-electron chi connectivity index (χ0n) is 10.2. The highest BCUT2D eigenvalue weighted by Gasteiger charge is 2.37. The van der Waals surface area contributed by atoms with Crippen molar-refractivity contribution >= 4 is 40.8 Å². The van der Waals surface area contributed by atoms with E-state index in [9.17, 15) is 4.79 Å². The number of hydrogen-bond donors (Lipinski definition) is 0. The van der Waals surface area contributed by atoms with Crippen LogP contribution in [0.5, 0.6) is 0 Å². The lowest BCUT2D eigenvalue weighted by molar-refractivity contribution is 0.0304. The largest absolute Gasteiger partial charge is 0.449 e. The number of halogens is 3. The Hall–Kier alpha value is -1.29. The maximum atomic E-state index is 12.1. The van der Waals surface area contributed by atoms with Crippen LogP contribution in [-0.4, -0.2) is 14.7 Å². The Morgan fingerprint density at radius 1 is 1.10 bits per heavy atom. The van der Waals surface area contributed by atoms with Crippen LogP contribution in [0.15, 0.2) is 54.9 Å². The first-order valence-electron chi connectivity index (χ1n) is 5.71. The Balaban J connectivity index is 2.24. The second-order valence-electron chi connectivity index (χ2n) is 3.98. The van der Waals surface area contributed by atoms with Gasteiger partial charge in [0.1, 0.15) is 0 Å². The van der Waals surface area contributed by atoms with E-state index in [1.807, 2.05) is 0 Å². The third-order valence-corrected chi connectivity index (χ3v) is 3.11. The molecule has 1 heterocycles. The molecule has 0 N–H and O–H groups in total. The van der Waals surface area contributed by atoms with Gasteiger partial charge in [-0.1, -0.05) is 59.1 Å². The summed E-state index contributed by atoms with van der Waals surface area (Å²) < 4.78 is 3.53. The zero-order chi connectivity index (χ0) is 14.6. The number of ether oxygens (including phenoxy) is 1. The fourth-order valence-corrected chi connectivity index (χ4v) is 2.12. The summed E-state index contributed by atoms with van der Waals surface area (Å²) in [5, 5.41) is 0. The molecule has 0 aliphatic carbocycles. The van der Waals surface area contributed by atoms with E-state index in [1.54, 1.807) is 48.7 Å². The highest BCUT2D eigenvalue weighted by molar-refractivity contribution is 6.68. The number of nitrogens with zero attached hydrogens (tertiary/aromatic N) is 1. The molecule has 1 atom stereocenters. The van der Waals surface area contributed by atoms with Crippen molar-refractivity contribution in [2.45, 2.75) is 9.90 Å². The van der Waals surface area contributed by atoms with Crippen molar-refractivity contribution < 1.29 is 9.53 Å². The summed E-state index contributed by atoms with van der Waals surface area (Å²) in [6.07, 6.45) is 2.04. The molecule has 20 heavy (non-hydrogen) atoms. The van der Waals surface area contributed by atoms with E-state index in [4.69, 9.17) is 39.5 Å². The van der Waals surface area contributed by atoms with Gasteiger partial charge in [0.05, 0.1) is 5.56 Å². The molecule has 3 nitrogen and oxygen atoms in total. The van der Waals surface area contributed by atoms with E-state index in [-0.39, 0.29) is 0 Å². The lowest BCUT2D eigenvalue weighted by Gasteiger charge is -2.24. The Morgan fingerprint density at radius 3 is 2.35 bits per heavy atom. The Morgan fingerprint density at radius 2 is 1.80 bits per heavy atom. The molecule has 0 aliphatic rings. The number of carbonyl (C=O) groups is 1. The minimum absolute atomic E-state index is 0.385. The highest BCUT2D eigenvalue weighted by Crippen LogP contribution is 2.42. The van der Waals surface area contributed by atoms with Gasteiger partial charge in [0.15, 0.2) is 6.10 Å². The number of aromatic nitrogens is 1. The summed E-state index contributed by atoms with van der Waals surface area (Å²) in [5.41, 5.74) is 0.896. The molecule has 0 saturated carbocycles. The van der Waals surface area contributed by atoms with E-state index in [0.29, 0.717) is 11.1 Å². The lowest BCUT2D eigenvalue weighted by Crippen LogP contribution is -2.23. The average Bonchev–Trinajstić information content (AvgIpc) is 2.45. The number of carbonyl (C=O) groups excluding carboxylic acids is 1. The number of esters is 1. The van der Waals surface area contributed by atoms with Gasteiger partial charge in [0.25, 0.3) is 0 Å². The zero-order valence-corrected chi connectivity index (χ0v) is 12.4. The normalized spacial score (nSPS) is 12.8. The molecule has 1 aromatic heterocycles. The van der Waals surface area contributed by atoms with Crippen molar-refractivity contribution in [1.82, 2.24) is 4.98 Å². The second kappa shape index (κ2) is 6.44. The summed E-state index contributed by atoms with van der Waals surface area (Å²) in [6, 6.07) is 11.9. The van der Waals surface area contributed by atoms with E-state index in [0.717, 1.165) is 0 Å². The summed E-state index contributed by atoms with van der Waals surface area (Å²) in [4.78, 5) is 16.0. The molecule has 0 fully saturated rings. The number of benzene rings is 1. The van der Waals surface area contributed by atoms with Crippen molar-refractivity contribution in [3.63, 3.8) is 0 Å². The van der Waals surface area contributed by atoms with Gasteiger partial charge in [-0.25, -0.2) is 4.79 Å². The number of rotatable bonds is 3. The molecule has 1 aromatic carbocycles. The SMILES string of the molecule is O=C(OC(c1cccnc1)C(Cl)(Cl)Cl)c1ccccc1. The molecule has 0 bridgehead atoms. The van der Waals surface area contributed by atoms with Crippen LogP contribution < -0.4 is 0 Å². The van der Waals surface area contributed by atoms with Gasteiger partial charge in [0.2, 0.25) is 3.79 Å². The molecule has 0 saturated heterocycles. The molecule has 1 unspecified atom stereocenters. The summed E-state index contributed by atoms with van der Waals surface area (Å²) >= 11 is 17.7. The topological polar surface area (TPSA) is 39.2 Å². The van der Waals surface area contributed by atoms with Gasteiger partial charge in [-0.3, -0.25) is 4.98 Å². The molecule has 0 spiro atoms. The number of alkyl halides is 3. The number of hydrogen-bond acceptors (Lipinski definition) is 3. The summed E-state index contributed by atoms with van der Waals surface area (Å²) in [6.45, 7) is 0. The highest BCUT2D eigenvalue weighted by atomic mass is 35.6. The first-order valence-corrected chi connectivity index (χ1v) is 6.84. The minimum atomic E-state index is -1.78. The molecule has 2 rings (SSSR count). The van der Waals surface area contributed by atoms with Crippen LogP contribution in [0, 0.1) is 0 Å². The third kappa shape index (κ3) is 3.85. The first kappa shape index (κ1) is 15.1. The quantitative estimate of drug-likeness (QED) is 0.620. The van der Waals surface area contributed by atoms with Gasteiger partial charge >= 0.3 is 5.97 Å². The van der Waals surface area contributed by atoms with Crippen LogP contribution in [-0.2, 0) is 4.74 Å². The van der Waals surface area contributed by atoms with E-state index in [1.165, 1.54) is 6.20 Å². The van der Waals surface area contributed by atoms with Crippen LogP contribution in [0.3, 0.4) is 0 Å². The molecule has 0 radical (unpaired) electrons. The van der Waals surface area contributed by atoms with Crippen LogP contribution >= 0.6 is 34.8 Å². The molecular weight excluding hydrogens is 321 g/mol. The fraction of sp³-hybridized carbons (Fsp3) is 0.143. The van der Waals surface area contributed by atoms with E-state index >= 15 is 0 Å². The van der Waals surface area contributed by atoms with Crippen molar-refractivity contribution in [2.24, 2.45) is 0 Å². The molecule has 6 heteroatoms. The van der Waals surface area contributed by atoms with Crippen molar-refractivity contribution in [2.75, 3.05) is 0 Å². The van der Waals surface area contributed by atoms with Gasteiger partial charge < -0.3 is 4.74 Å². The Bertz CT molecular complexity index is 570. The smallest absolute Gasteiger partial charge is 0.338 e. The lowest BCUT2D eigenvalue weighted by atomic mass is 10.2. The van der Waals surface area contributed by atoms with Crippen LogP contribution in [0.2, 0.25) is 0 Å².